The fourth-order valence-electron chi connectivity index (χ4n) is 2.50. The zero-order chi connectivity index (χ0) is 9.80. The van der Waals surface area contributed by atoms with Gasteiger partial charge in [-0.1, -0.05) is 19.3 Å². The first kappa shape index (κ1) is 10.5. The predicted molar refractivity (Wildman–Crippen MR) is 55.0 cm³/mol. The summed E-state index contributed by atoms with van der Waals surface area (Å²) in [6.45, 7) is 2.62. The Balaban J connectivity index is 1.83. The van der Waals surface area contributed by atoms with Crippen molar-refractivity contribution in [2.45, 2.75) is 44.4 Å². The van der Waals surface area contributed by atoms with Crippen molar-refractivity contribution in [2.75, 3.05) is 19.7 Å². The lowest BCUT2D eigenvalue weighted by Gasteiger charge is -2.39. The van der Waals surface area contributed by atoms with Crippen LogP contribution in [0.1, 0.15) is 32.1 Å². The highest BCUT2D eigenvalue weighted by atomic mass is 16.7. The van der Waals surface area contributed by atoms with Gasteiger partial charge in [0.05, 0.1) is 6.61 Å². The smallest absolute Gasteiger partial charge is 0.286 e. The molecule has 3 nitrogen and oxygen atoms in total. The summed E-state index contributed by atoms with van der Waals surface area (Å²) in [5.74, 6) is 0. The van der Waals surface area contributed by atoms with E-state index in [1.807, 2.05) is 0 Å². The van der Waals surface area contributed by atoms with Crippen LogP contribution < -0.4 is 0 Å². The van der Waals surface area contributed by atoms with E-state index >= 15 is 0 Å². The van der Waals surface area contributed by atoms with Crippen LogP contribution in [-0.2, 0) is 9.39 Å². The standard InChI is InChI=1S/C10H18BNO2/c11-14-10-8-12(6-7-13-10)9-4-2-1-3-5-9/h9-10H,1-8H2/t10-/m0/s1. The molecule has 1 saturated heterocycles. The third kappa shape index (κ3) is 2.50. The maximum atomic E-state index is 5.36. The van der Waals surface area contributed by atoms with E-state index in [2.05, 4.69) is 4.90 Å². The SMILES string of the molecule is [B]O[C@H]1CN(C2CCCCC2)CCO1. The van der Waals surface area contributed by atoms with Crippen LogP contribution in [0.5, 0.6) is 0 Å². The molecule has 78 valence electrons. The van der Waals surface area contributed by atoms with Crippen LogP contribution in [0, 0.1) is 0 Å². The summed E-state index contributed by atoms with van der Waals surface area (Å²) in [5.41, 5.74) is 0. The summed E-state index contributed by atoms with van der Waals surface area (Å²) in [7, 11) is 5.14. The van der Waals surface area contributed by atoms with Gasteiger partial charge >= 0.3 is 0 Å². The molecule has 0 aromatic carbocycles. The zero-order valence-electron chi connectivity index (χ0n) is 8.65. The Hall–Kier alpha value is -0.0551. The first-order valence-corrected chi connectivity index (χ1v) is 5.61. The van der Waals surface area contributed by atoms with Gasteiger partial charge in [-0.25, -0.2) is 0 Å². The lowest BCUT2D eigenvalue weighted by atomic mass is 9.94. The van der Waals surface area contributed by atoms with Crippen molar-refractivity contribution in [3.8, 4) is 0 Å². The maximum absolute atomic E-state index is 5.36. The lowest BCUT2D eigenvalue weighted by Crippen LogP contribution is -2.48. The summed E-state index contributed by atoms with van der Waals surface area (Å²) >= 11 is 0. The molecule has 2 fully saturated rings. The molecule has 0 amide bonds. The molecule has 14 heavy (non-hydrogen) atoms. The zero-order valence-corrected chi connectivity index (χ0v) is 8.65. The van der Waals surface area contributed by atoms with Gasteiger partial charge in [0.15, 0.2) is 6.29 Å². The largest absolute Gasteiger partial charge is 0.424 e. The van der Waals surface area contributed by atoms with Crippen molar-refractivity contribution in [3.05, 3.63) is 0 Å². The molecule has 1 aliphatic heterocycles. The Bertz CT molecular complexity index is 174. The van der Waals surface area contributed by atoms with Crippen LogP contribution >= 0.6 is 0 Å². The molecule has 1 heterocycles. The van der Waals surface area contributed by atoms with Crippen molar-refractivity contribution in [1.29, 1.82) is 0 Å². The van der Waals surface area contributed by atoms with Crippen molar-refractivity contribution in [3.63, 3.8) is 0 Å². The molecule has 2 aliphatic rings. The molecule has 0 aromatic heterocycles. The summed E-state index contributed by atoms with van der Waals surface area (Å²) in [6.07, 6.45) is 6.59. The minimum atomic E-state index is -0.217. The number of rotatable bonds is 2. The number of hydrogen-bond donors (Lipinski definition) is 0. The molecule has 1 aliphatic carbocycles. The Morgan fingerprint density at radius 2 is 2.00 bits per heavy atom. The third-order valence-corrected chi connectivity index (χ3v) is 3.31. The average molecular weight is 195 g/mol. The Morgan fingerprint density at radius 3 is 2.71 bits per heavy atom. The molecule has 2 rings (SSSR count). The molecule has 1 saturated carbocycles. The third-order valence-electron chi connectivity index (χ3n) is 3.31. The van der Waals surface area contributed by atoms with E-state index in [4.69, 9.17) is 17.4 Å². The molecule has 0 N–H and O–H groups in total. The molecular formula is C10H18BNO2. The van der Waals surface area contributed by atoms with Crippen LogP contribution in [0.15, 0.2) is 0 Å². The van der Waals surface area contributed by atoms with Crippen LogP contribution in [0.3, 0.4) is 0 Å². The highest BCUT2D eigenvalue weighted by Crippen LogP contribution is 2.24. The van der Waals surface area contributed by atoms with Crippen molar-refractivity contribution in [1.82, 2.24) is 4.90 Å². The van der Waals surface area contributed by atoms with E-state index < -0.39 is 0 Å². The fraction of sp³-hybridized carbons (Fsp3) is 1.00. The monoisotopic (exact) mass is 195 g/mol. The number of nitrogens with zero attached hydrogens (tertiary/aromatic N) is 1. The van der Waals surface area contributed by atoms with Gasteiger partial charge in [0.2, 0.25) is 0 Å². The van der Waals surface area contributed by atoms with Crippen LogP contribution in [0.25, 0.3) is 0 Å². The Labute approximate surface area is 87.2 Å². The highest BCUT2D eigenvalue weighted by Gasteiger charge is 2.26. The van der Waals surface area contributed by atoms with E-state index in [0.717, 1.165) is 25.7 Å². The fourth-order valence-corrected chi connectivity index (χ4v) is 2.50. The Morgan fingerprint density at radius 1 is 1.21 bits per heavy atom. The Kier molecular flexibility index (Phi) is 3.85. The molecule has 0 unspecified atom stereocenters. The summed E-state index contributed by atoms with van der Waals surface area (Å²) < 4.78 is 10.1. The van der Waals surface area contributed by atoms with E-state index in [9.17, 15) is 0 Å². The summed E-state index contributed by atoms with van der Waals surface area (Å²) in [5, 5.41) is 0. The lowest BCUT2D eigenvalue weighted by molar-refractivity contribution is -0.138. The van der Waals surface area contributed by atoms with E-state index in [1.54, 1.807) is 0 Å². The second-order valence-electron chi connectivity index (χ2n) is 4.22. The van der Waals surface area contributed by atoms with Gasteiger partial charge in [-0.3, -0.25) is 4.90 Å². The highest BCUT2D eigenvalue weighted by molar-refractivity contribution is 5.98. The molecule has 2 radical (unpaired) electrons. The second kappa shape index (κ2) is 5.15. The van der Waals surface area contributed by atoms with Crippen LogP contribution in [0.2, 0.25) is 0 Å². The number of morpholine rings is 1. The minimum Gasteiger partial charge on any atom is -0.424 e. The topological polar surface area (TPSA) is 21.7 Å². The minimum absolute atomic E-state index is 0.217. The molecule has 0 aromatic rings. The van der Waals surface area contributed by atoms with Crippen molar-refractivity contribution in [2.24, 2.45) is 0 Å². The van der Waals surface area contributed by atoms with Crippen molar-refractivity contribution < 1.29 is 9.39 Å². The van der Waals surface area contributed by atoms with Gasteiger partial charge in [-0.15, -0.1) is 0 Å². The van der Waals surface area contributed by atoms with Crippen LogP contribution in [-0.4, -0.2) is 45.0 Å². The van der Waals surface area contributed by atoms with Crippen LogP contribution in [0.4, 0.5) is 0 Å². The maximum Gasteiger partial charge on any atom is 0.286 e. The van der Waals surface area contributed by atoms with E-state index in [0.29, 0.717) is 0 Å². The molecular weight excluding hydrogens is 177 g/mol. The van der Waals surface area contributed by atoms with Gasteiger partial charge in [-0.05, 0) is 12.8 Å². The van der Waals surface area contributed by atoms with E-state index in [1.165, 1.54) is 32.1 Å². The van der Waals surface area contributed by atoms with Gasteiger partial charge in [0.1, 0.15) is 0 Å². The molecule has 0 spiro atoms. The van der Waals surface area contributed by atoms with Gasteiger partial charge in [0.25, 0.3) is 8.05 Å². The summed E-state index contributed by atoms with van der Waals surface area (Å²) in [4.78, 5) is 2.47. The first-order valence-electron chi connectivity index (χ1n) is 5.61. The average Bonchev–Trinajstić information content (AvgIpc) is 2.30. The first-order chi connectivity index (χ1) is 6.90. The normalized spacial score (nSPS) is 31.9. The molecule has 0 bridgehead atoms. The van der Waals surface area contributed by atoms with Gasteiger partial charge < -0.3 is 9.39 Å². The quantitative estimate of drug-likeness (QED) is 0.615. The number of ether oxygens (including phenoxy) is 1. The predicted octanol–water partition coefficient (Wildman–Crippen LogP) is 1.08. The van der Waals surface area contributed by atoms with E-state index in [-0.39, 0.29) is 6.29 Å². The number of hydrogen-bond acceptors (Lipinski definition) is 3. The summed E-state index contributed by atoms with van der Waals surface area (Å²) in [6, 6.07) is 0.741. The van der Waals surface area contributed by atoms with Gasteiger partial charge in [-0.2, -0.15) is 0 Å². The van der Waals surface area contributed by atoms with Crippen molar-refractivity contribution >= 4 is 8.05 Å². The second-order valence-corrected chi connectivity index (χ2v) is 4.22. The molecule has 4 heteroatoms. The molecule has 1 atom stereocenters. The van der Waals surface area contributed by atoms with Gasteiger partial charge in [0, 0.05) is 19.1 Å².